The van der Waals surface area contributed by atoms with Crippen LogP contribution in [0.1, 0.15) is 12.8 Å². The second-order valence-corrected chi connectivity index (χ2v) is 5.90. The Morgan fingerprint density at radius 3 is 2.29 bits per heavy atom. The monoisotopic (exact) mass is 261 g/mol. The van der Waals surface area contributed by atoms with Gasteiger partial charge in [-0.25, -0.2) is 4.79 Å². The Bertz CT molecular complexity index is 349. The molecule has 7 heteroatoms. The van der Waals surface area contributed by atoms with E-state index in [4.69, 9.17) is 9.84 Å². The highest BCUT2D eigenvalue weighted by molar-refractivity contribution is 7.85. The van der Waals surface area contributed by atoms with Gasteiger partial charge < -0.3 is 14.7 Å². The molecule has 2 fully saturated rings. The lowest BCUT2D eigenvalue weighted by atomic mass is 10.2. The highest BCUT2D eigenvalue weighted by atomic mass is 32.2. The first-order valence-corrected chi connectivity index (χ1v) is 7.09. The normalized spacial score (nSPS) is 30.5. The number of amides is 1. The molecule has 0 radical (unpaired) electrons. The average molecular weight is 261 g/mol. The van der Waals surface area contributed by atoms with Gasteiger partial charge in [-0.3, -0.25) is 9.00 Å². The number of aliphatic carboxylic acids is 1. The summed E-state index contributed by atoms with van der Waals surface area (Å²) in [7, 11) is -0.822. The minimum absolute atomic E-state index is 0.162. The van der Waals surface area contributed by atoms with Crippen molar-refractivity contribution in [2.24, 2.45) is 0 Å². The van der Waals surface area contributed by atoms with Crippen molar-refractivity contribution in [3.05, 3.63) is 0 Å². The first-order chi connectivity index (χ1) is 8.08. The zero-order chi connectivity index (χ0) is 12.4. The smallest absolute Gasteiger partial charge is 0.332 e. The third-order valence-electron chi connectivity index (χ3n) is 3.06. The van der Waals surface area contributed by atoms with Gasteiger partial charge in [0.05, 0.1) is 0 Å². The maximum atomic E-state index is 12.0. The van der Waals surface area contributed by atoms with Crippen LogP contribution in [0.2, 0.25) is 0 Å². The first kappa shape index (κ1) is 12.5. The molecule has 2 aliphatic rings. The minimum Gasteiger partial charge on any atom is -0.479 e. The molecule has 0 bridgehead atoms. The van der Waals surface area contributed by atoms with Crippen LogP contribution >= 0.6 is 0 Å². The fourth-order valence-electron chi connectivity index (χ4n) is 2.06. The molecule has 0 unspecified atom stereocenters. The molecule has 0 aromatic heterocycles. The average Bonchev–Trinajstić information content (AvgIpc) is 2.78. The second kappa shape index (κ2) is 5.14. The molecule has 2 saturated heterocycles. The van der Waals surface area contributed by atoms with Crippen LogP contribution in [-0.2, 0) is 25.1 Å². The molecule has 2 aliphatic heterocycles. The van der Waals surface area contributed by atoms with E-state index < -0.39 is 29.0 Å². The highest BCUT2D eigenvalue weighted by Gasteiger charge is 2.37. The lowest BCUT2D eigenvalue weighted by Gasteiger charge is -2.28. The maximum Gasteiger partial charge on any atom is 0.332 e. The van der Waals surface area contributed by atoms with Gasteiger partial charge in [-0.05, 0) is 12.8 Å². The van der Waals surface area contributed by atoms with E-state index in [1.165, 1.54) is 0 Å². The number of carbonyl (C=O) groups is 2. The molecule has 0 aromatic rings. The summed E-state index contributed by atoms with van der Waals surface area (Å²) in [5.41, 5.74) is 0. The topological polar surface area (TPSA) is 83.9 Å². The summed E-state index contributed by atoms with van der Waals surface area (Å²) >= 11 is 0. The number of carbonyl (C=O) groups excluding carboxylic acids is 1. The van der Waals surface area contributed by atoms with Gasteiger partial charge in [-0.15, -0.1) is 0 Å². The summed E-state index contributed by atoms with van der Waals surface area (Å²) in [4.78, 5) is 24.3. The molecule has 1 N–H and O–H groups in total. The van der Waals surface area contributed by atoms with Crippen LogP contribution in [0.15, 0.2) is 0 Å². The van der Waals surface area contributed by atoms with E-state index in [9.17, 15) is 13.8 Å². The molecule has 2 heterocycles. The molecular formula is C10H15NO5S. The largest absolute Gasteiger partial charge is 0.479 e. The maximum absolute atomic E-state index is 12.0. The molecule has 6 nitrogen and oxygen atoms in total. The molecule has 0 aromatic carbocycles. The van der Waals surface area contributed by atoms with Gasteiger partial charge in [0.25, 0.3) is 5.91 Å². The van der Waals surface area contributed by atoms with Crippen molar-refractivity contribution in [1.29, 1.82) is 0 Å². The summed E-state index contributed by atoms with van der Waals surface area (Å²) in [6, 6.07) is 0. The van der Waals surface area contributed by atoms with Gasteiger partial charge in [0, 0.05) is 35.4 Å². The van der Waals surface area contributed by atoms with Crippen molar-refractivity contribution in [2.75, 3.05) is 24.6 Å². The lowest BCUT2D eigenvalue weighted by Crippen LogP contribution is -2.46. The number of hydrogen-bond donors (Lipinski definition) is 1. The van der Waals surface area contributed by atoms with Crippen molar-refractivity contribution in [2.45, 2.75) is 25.0 Å². The van der Waals surface area contributed by atoms with E-state index >= 15 is 0 Å². The fourth-order valence-corrected chi connectivity index (χ4v) is 3.11. The number of carboxylic acids is 1. The van der Waals surface area contributed by atoms with Gasteiger partial charge in [0.1, 0.15) is 6.10 Å². The van der Waals surface area contributed by atoms with Gasteiger partial charge in [-0.1, -0.05) is 0 Å². The van der Waals surface area contributed by atoms with Crippen molar-refractivity contribution in [3.8, 4) is 0 Å². The van der Waals surface area contributed by atoms with Gasteiger partial charge in [0.2, 0.25) is 0 Å². The van der Waals surface area contributed by atoms with E-state index in [-0.39, 0.29) is 5.91 Å². The van der Waals surface area contributed by atoms with Crippen molar-refractivity contribution < 1.29 is 23.6 Å². The Balaban J connectivity index is 1.89. The van der Waals surface area contributed by atoms with Crippen LogP contribution in [0, 0.1) is 0 Å². The van der Waals surface area contributed by atoms with Crippen LogP contribution in [0.5, 0.6) is 0 Å². The third-order valence-corrected chi connectivity index (χ3v) is 4.34. The van der Waals surface area contributed by atoms with Crippen molar-refractivity contribution in [3.63, 3.8) is 0 Å². The number of ether oxygens (including phenoxy) is 1. The predicted octanol–water partition coefficient (Wildman–Crippen LogP) is -0.790. The number of hydrogen-bond acceptors (Lipinski definition) is 4. The number of nitrogens with zero attached hydrogens (tertiary/aromatic N) is 1. The van der Waals surface area contributed by atoms with Crippen molar-refractivity contribution in [1.82, 2.24) is 4.90 Å². The molecule has 0 saturated carbocycles. The lowest BCUT2D eigenvalue weighted by molar-refractivity contribution is -0.154. The van der Waals surface area contributed by atoms with Gasteiger partial charge in [-0.2, -0.15) is 0 Å². The highest BCUT2D eigenvalue weighted by Crippen LogP contribution is 2.22. The zero-order valence-corrected chi connectivity index (χ0v) is 10.1. The molecule has 1 amide bonds. The molecule has 2 atom stereocenters. The Morgan fingerprint density at radius 1 is 1.18 bits per heavy atom. The quantitative estimate of drug-likeness (QED) is 0.704. The van der Waals surface area contributed by atoms with E-state index in [0.29, 0.717) is 37.4 Å². The van der Waals surface area contributed by atoms with Crippen molar-refractivity contribution >= 4 is 22.7 Å². The van der Waals surface area contributed by atoms with E-state index in [1.807, 2.05) is 0 Å². The summed E-state index contributed by atoms with van der Waals surface area (Å²) in [6.45, 7) is 0.950. The summed E-state index contributed by atoms with van der Waals surface area (Å²) in [6.07, 6.45) is -0.661. The zero-order valence-electron chi connectivity index (χ0n) is 9.33. The Hall–Kier alpha value is -0.950. The third kappa shape index (κ3) is 2.84. The fraction of sp³-hybridized carbons (Fsp3) is 0.800. The first-order valence-electron chi connectivity index (χ1n) is 5.60. The van der Waals surface area contributed by atoms with Crippen LogP contribution < -0.4 is 0 Å². The van der Waals surface area contributed by atoms with Gasteiger partial charge in [0.15, 0.2) is 6.10 Å². The summed E-state index contributed by atoms with van der Waals surface area (Å²) in [5, 5.41) is 8.77. The molecule has 0 aliphatic carbocycles. The van der Waals surface area contributed by atoms with E-state index in [2.05, 4.69) is 0 Å². The number of carboxylic acid groups (broad SMARTS) is 1. The standard InChI is InChI=1S/C10H15NO5S/c12-9(11-3-5-17(15)6-4-11)7-1-2-8(16-7)10(13)14/h7-8H,1-6H2,(H,13,14)/t7-,8+/m0/s1. The van der Waals surface area contributed by atoms with E-state index in [0.717, 1.165) is 0 Å². The Kier molecular flexibility index (Phi) is 3.78. The summed E-state index contributed by atoms with van der Waals surface area (Å²) < 4.78 is 16.4. The van der Waals surface area contributed by atoms with Crippen LogP contribution in [-0.4, -0.2) is 62.9 Å². The van der Waals surface area contributed by atoms with Crippen LogP contribution in [0.4, 0.5) is 0 Å². The molecule has 2 rings (SSSR count). The predicted molar refractivity (Wildman–Crippen MR) is 60.0 cm³/mol. The molecule has 0 spiro atoms. The minimum atomic E-state index is -1.01. The number of rotatable bonds is 2. The van der Waals surface area contributed by atoms with Gasteiger partial charge >= 0.3 is 5.97 Å². The SMILES string of the molecule is O=C(O)[C@H]1CC[C@@H](C(=O)N2CCS(=O)CC2)O1. The van der Waals surface area contributed by atoms with E-state index in [1.54, 1.807) is 4.90 Å². The molecule has 96 valence electrons. The Morgan fingerprint density at radius 2 is 1.76 bits per heavy atom. The van der Waals surface area contributed by atoms with Crippen LogP contribution in [0.25, 0.3) is 0 Å². The van der Waals surface area contributed by atoms with Crippen LogP contribution in [0.3, 0.4) is 0 Å². The second-order valence-electron chi connectivity index (χ2n) is 4.20. The molecule has 17 heavy (non-hydrogen) atoms. The summed E-state index contributed by atoms with van der Waals surface area (Å²) in [5.74, 6) is -0.174. The Labute approximate surface area is 101 Å². The molecular weight excluding hydrogens is 246 g/mol.